The van der Waals surface area contributed by atoms with Crippen LogP contribution in [0.5, 0.6) is 5.75 Å². The van der Waals surface area contributed by atoms with Crippen molar-refractivity contribution in [2.24, 2.45) is 0 Å². The van der Waals surface area contributed by atoms with Crippen LogP contribution in [-0.2, 0) is 0 Å². The Kier molecular flexibility index (Phi) is 4.33. The van der Waals surface area contributed by atoms with E-state index in [2.05, 4.69) is 5.32 Å². The Labute approximate surface area is 110 Å². The number of carbonyl (C=O) groups excluding carboxylic acids is 1. The third-order valence-corrected chi connectivity index (χ3v) is 3.17. The van der Waals surface area contributed by atoms with E-state index < -0.39 is 11.0 Å². The van der Waals surface area contributed by atoms with E-state index in [0.29, 0.717) is 0 Å². The molecule has 19 heavy (non-hydrogen) atoms. The quantitative estimate of drug-likeness (QED) is 0.672. The number of ether oxygens (including phenoxy) is 1. The lowest BCUT2D eigenvalue weighted by Gasteiger charge is -2.22. The molecule has 0 atom stereocenters. The number of benzene rings is 1. The van der Waals surface area contributed by atoms with Crippen molar-refractivity contribution in [1.82, 2.24) is 5.32 Å². The lowest BCUT2D eigenvalue weighted by Crippen LogP contribution is -2.37. The van der Waals surface area contributed by atoms with Crippen LogP contribution < -0.4 is 10.1 Å². The molecule has 1 saturated carbocycles. The van der Waals surface area contributed by atoms with Gasteiger partial charge in [0.05, 0.1) is 11.0 Å². The van der Waals surface area contributed by atoms with E-state index >= 15 is 0 Å². The third kappa shape index (κ3) is 3.94. The average molecular weight is 264 g/mol. The first kappa shape index (κ1) is 13.3. The molecule has 0 heterocycles. The van der Waals surface area contributed by atoms with Crippen LogP contribution in [0.15, 0.2) is 24.3 Å². The molecule has 0 unspecified atom stereocenters. The number of nitrogens with one attached hydrogen (secondary N) is 1. The van der Waals surface area contributed by atoms with Gasteiger partial charge in [0.25, 0.3) is 5.69 Å². The van der Waals surface area contributed by atoms with Crippen molar-refractivity contribution in [3.8, 4) is 5.75 Å². The fourth-order valence-corrected chi connectivity index (χ4v) is 2.21. The maximum atomic E-state index is 11.7. The van der Waals surface area contributed by atoms with Crippen LogP contribution in [0.25, 0.3) is 0 Å². The highest BCUT2D eigenvalue weighted by molar-refractivity contribution is 5.71. The third-order valence-electron chi connectivity index (χ3n) is 3.17. The van der Waals surface area contributed by atoms with Gasteiger partial charge in [0.2, 0.25) is 0 Å². The smallest absolute Gasteiger partial charge is 0.410 e. The number of nitro benzene ring substituents is 1. The van der Waals surface area contributed by atoms with E-state index in [4.69, 9.17) is 4.74 Å². The van der Waals surface area contributed by atoms with Gasteiger partial charge >= 0.3 is 6.09 Å². The summed E-state index contributed by atoms with van der Waals surface area (Å²) in [6.45, 7) is 0. The maximum Gasteiger partial charge on any atom is 0.412 e. The summed E-state index contributed by atoms with van der Waals surface area (Å²) >= 11 is 0. The fourth-order valence-electron chi connectivity index (χ4n) is 2.21. The Morgan fingerprint density at radius 1 is 1.32 bits per heavy atom. The molecule has 1 aliphatic rings. The van der Waals surface area contributed by atoms with E-state index in [1.807, 2.05) is 0 Å². The van der Waals surface area contributed by atoms with Gasteiger partial charge < -0.3 is 10.1 Å². The summed E-state index contributed by atoms with van der Waals surface area (Å²) in [5, 5.41) is 13.4. The first-order chi connectivity index (χ1) is 9.15. The predicted molar refractivity (Wildman–Crippen MR) is 69.1 cm³/mol. The summed E-state index contributed by atoms with van der Waals surface area (Å²) in [5.41, 5.74) is -0.0945. The zero-order valence-corrected chi connectivity index (χ0v) is 10.5. The molecule has 0 spiro atoms. The van der Waals surface area contributed by atoms with Gasteiger partial charge in [-0.25, -0.2) is 4.79 Å². The highest BCUT2D eigenvalue weighted by Gasteiger charge is 2.17. The number of hydrogen-bond donors (Lipinski definition) is 1. The number of carbonyl (C=O) groups is 1. The molecule has 1 aliphatic carbocycles. The van der Waals surface area contributed by atoms with Crippen LogP contribution in [-0.4, -0.2) is 17.1 Å². The first-order valence-corrected chi connectivity index (χ1v) is 6.38. The Morgan fingerprint density at radius 2 is 2.05 bits per heavy atom. The Morgan fingerprint density at radius 3 is 2.74 bits per heavy atom. The number of amides is 1. The van der Waals surface area contributed by atoms with Crippen LogP contribution in [0, 0.1) is 10.1 Å². The molecule has 1 N–H and O–H groups in total. The topological polar surface area (TPSA) is 81.5 Å². The Bertz CT molecular complexity index is 469. The molecule has 0 saturated heterocycles. The lowest BCUT2D eigenvalue weighted by atomic mass is 9.96. The highest BCUT2D eigenvalue weighted by atomic mass is 16.6. The van der Waals surface area contributed by atoms with Crippen LogP contribution in [0.2, 0.25) is 0 Å². The fraction of sp³-hybridized carbons (Fsp3) is 0.462. The van der Waals surface area contributed by atoms with Crippen molar-refractivity contribution >= 4 is 11.8 Å². The molecule has 2 rings (SSSR count). The highest BCUT2D eigenvalue weighted by Crippen LogP contribution is 2.20. The van der Waals surface area contributed by atoms with E-state index in [-0.39, 0.29) is 17.5 Å². The van der Waals surface area contributed by atoms with Gasteiger partial charge in [-0.15, -0.1) is 0 Å². The summed E-state index contributed by atoms with van der Waals surface area (Å²) in [6.07, 6.45) is 4.81. The van der Waals surface area contributed by atoms with Crippen molar-refractivity contribution in [3.05, 3.63) is 34.4 Å². The molecule has 1 amide bonds. The van der Waals surface area contributed by atoms with E-state index in [1.54, 1.807) is 0 Å². The van der Waals surface area contributed by atoms with Crippen LogP contribution in [0.3, 0.4) is 0 Å². The zero-order valence-electron chi connectivity index (χ0n) is 10.5. The maximum absolute atomic E-state index is 11.7. The lowest BCUT2D eigenvalue weighted by molar-refractivity contribution is -0.384. The molecule has 1 aromatic carbocycles. The van der Waals surface area contributed by atoms with E-state index in [0.717, 1.165) is 25.7 Å². The van der Waals surface area contributed by atoms with Crippen molar-refractivity contribution in [3.63, 3.8) is 0 Å². The second kappa shape index (κ2) is 6.17. The largest absolute Gasteiger partial charge is 0.412 e. The molecule has 1 fully saturated rings. The van der Waals surface area contributed by atoms with Gasteiger partial charge in [0.1, 0.15) is 5.75 Å². The molecule has 0 radical (unpaired) electrons. The standard InChI is InChI=1S/C13H16N2O4/c16-13(14-10-5-2-1-3-6-10)19-12-8-4-7-11(9-12)15(17)18/h4,7-10H,1-3,5-6H2,(H,14,16). The molecular formula is C13H16N2O4. The Balaban J connectivity index is 1.90. The zero-order chi connectivity index (χ0) is 13.7. The minimum atomic E-state index is -0.549. The van der Waals surface area contributed by atoms with Gasteiger partial charge in [-0.05, 0) is 18.9 Å². The number of nitrogens with zero attached hydrogens (tertiary/aromatic N) is 1. The van der Waals surface area contributed by atoms with Crippen molar-refractivity contribution in [2.75, 3.05) is 0 Å². The first-order valence-electron chi connectivity index (χ1n) is 6.38. The molecule has 0 aliphatic heterocycles. The van der Waals surface area contributed by atoms with Gasteiger partial charge in [0, 0.05) is 12.1 Å². The molecule has 0 aromatic heterocycles. The number of hydrogen-bond acceptors (Lipinski definition) is 4. The van der Waals surface area contributed by atoms with Gasteiger partial charge in [-0.1, -0.05) is 25.3 Å². The molecule has 6 nitrogen and oxygen atoms in total. The number of non-ortho nitro benzene ring substituents is 1. The van der Waals surface area contributed by atoms with E-state index in [9.17, 15) is 14.9 Å². The van der Waals surface area contributed by atoms with Gasteiger partial charge in [-0.2, -0.15) is 0 Å². The normalized spacial score (nSPS) is 15.8. The number of rotatable bonds is 3. The summed E-state index contributed by atoms with van der Waals surface area (Å²) in [4.78, 5) is 21.7. The SMILES string of the molecule is O=C(NC1CCCCC1)Oc1cccc([N+](=O)[O-])c1. The monoisotopic (exact) mass is 264 g/mol. The minimum Gasteiger partial charge on any atom is -0.410 e. The molecular weight excluding hydrogens is 248 g/mol. The summed E-state index contributed by atoms with van der Waals surface area (Å²) < 4.78 is 5.05. The van der Waals surface area contributed by atoms with Crippen LogP contribution >= 0.6 is 0 Å². The predicted octanol–water partition coefficient (Wildman–Crippen LogP) is 3.02. The van der Waals surface area contributed by atoms with Crippen molar-refractivity contribution in [1.29, 1.82) is 0 Å². The molecule has 0 bridgehead atoms. The van der Waals surface area contributed by atoms with Crippen LogP contribution in [0.1, 0.15) is 32.1 Å². The molecule has 6 heteroatoms. The molecule has 1 aromatic rings. The second-order valence-corrected chi connectivity index (χ2v) is 4.62. The van der Waals surface area contributed by atoms with Crippen molar-refractivity contribution < 1.29 is 14.5 Å². The van der Waals surface area contributed by atoms with Gasteiger partial charge in [-0.3, -0.25) is 10.1 Å². The van der Waals surface area contributed by atoms with E-state index in [1.165, 1.54) is 30.7 Å². The van der Waals surface area contributed by atoms with Crippen LogP contribution in [0.4, 0.5) is 10.5 Å². The summed E-state index contributed by atoms with van der Waals surface area (Å²) in [7, 11) is 0. The van der Waals surface area contributed by atoms with Crippen molar-refractivity contribution in [2.45, 2.75) is 38.1 Å². The van der Waals surface area contributed by atoms with Gasteiger partial charge in [0.15, 0.2) is 0 Å². The second-order valence-electron chi connectivity index (χ2n) is 4.62. The Hall–Kier alpha value is -2.11. The molecule has 102 valence electrons. The summed E-state index contributed by atoms with van der Waals surface area (Å²) in [5.74, 6) is 0.183. The summed E-state index contributed by atoms with van der Waals surface area (Å²) in [6, 6.07) is 5.75. The average Bonchev–Trinajstić information content (AvgIpc) is 2.40. The number of nitro groups is 1. The minimum absolute atomic E-state index is 0.0945.